The molecule has 140 valence electrons. The molecule has 0 unspecified atom stereocenters. The SMILES string of the molecule is CCCS(=O)(=O)N1Cc2ccnn2[C@@H](CCNC(=O)c2cccnc2)C1. The van der Waals surface area contributed by atoms with Gasteiger partial charge in [0.1, 0.15) is 0 Å². The van der Waals surface area contributed by atoms with Crippen LogP contribution in [0.4, 0.5) is 0 Å². The molecule has 2 aromatic rings. The zero-order valence-electron chi connectivity index (χ0n) is 14.7. The van der Waals surface area contributed by atoms with Gasteiger partial charge >= 0.3 is 0 Å². The van der Waals surface area contributed by atoms with Crippen molar-refractivity contribution in [2.45, 2.75) is 32.4 Å². The predicted molar refractivity (Wildman–Crippen MR) is 96.9 cm³/mol. The number of amides is 1. The lowest BCUT2D eigenvalue weighted by Gasteiger charge is -2.33. The third kappa shape index (κ3) is 4.10. The van der Waals surface area contributed by atoms with E-state index in [2.05, 4.69) is 15.4 Å². The molecule has 3 heterocycles. The summed E-state index contributed by atoms with van der Waals surface area (Å²) in [6.45, 7) is 3.01. The minimum absolute atomic E-state index is 0.102. The van der Waals surface area contributed by atoms with Crippen LogP contribution in [0.5, 0.6) is 0 Å². The summed E-state index contributed by atoms with van der Waals surface area (Å²) in [5.74, 6) is -0.0453. The maximum atomic E-state index is 12.4. The number of nitrogens with one attached hydrogen (secondary N) is 1. The first kappa shape index (κ1) is 18.5. The Hall–Kier alpha value is -2.26. The van der Waals surface area contributed by atoms with Gasteiger partial charge in [-0.2, -0.15) is 9.40 Å². The molecule has 8 nitrogen and oxygen atoms in total. The lowest BCUT2D eigenvalue weighted by molar-refractivity contribution is 0.0949. The number of aromatic nitrogens is 3. The number of nitrogens with zero attached hydrogens (tertiary/aromatic N) is 4. The molecule has 3 rings (SSSR count). The number of fused-ring (bicyclic) bond motifs is 1. The van der Waals surface area contributed by atoms with Crippen molar-refractivity contribution in [3.8, 4) is 0 Å². The van der Waals surface area contributed by atoms with E-state index in [1.807, 2.05) is 17.7 Å². The van der Waals surface area contributed by atoms with Crippen LogP contribution in [0, 0.1) is 0 Å². The summed E-state index contributed by atoms with van der Waals surface area (Å²) >= 11 is 0. The monoisotopic (exact) mass is 377 g/mol. The molecule has 1 amide bonds. The van der Waals surface area contributed by atoms with Gasteiger partial charge in [0, 0.05) is 31.7 Å². The molecule has 1 atom stereocenters. The Balaban J connectivity index is 1.64. The molecule has 2 aromatic heterocycles. The average Bonchev–Trinajstić information content (AvgIpc) is 3.11. The quantitative estimate of drug-likeness (QED) is 0.782. The van der Waals surface area contributed by atoms with E-state index >= 15 is 0 Å². The van der Waals surface area contributed by atoms with Crippen LogP contribution in [-0.4, -0.2) is 52.2 Å². The molecule has 9 heteroatoms. The fourth-order valence-corrected chi connectivity index (χ4v) is 4.62. The fraction of sp³-hybridized carbons (Fsp3) is 0.471. The van der Waals surface area contributed by atoms with Crippen molar-refractivity contribution < 1.29 is 13.2 Å². The lowest BCUT2D eigenvalue weighted by atomic mass is 10.1. The highest BCUT2D eigenvalue weighted by molar-refractivity contribution is 7.89. The Morgan fingerprint density at radius 2 is 2.19 bits per heavy atom. The van der Waals surface area contributed by atoms with Gasteiger partial charge in [-0.3, -0.25) is 14.5 Å². The summed E-state index contributed by atoms with van der Waals surface area (Å²) in [4.78, 5) is 16.0. The van der Waals surface area contributed by atoms with E-state index < -0.39 is 10.0 Å². The molecule has 0 saturated heterocycles. The van der Waals surface area contributed by atoms with Gasteiger partial charge in [0.2, 0.25) is 10.0 Å². The van der Waals surface area contributed by atoms with Crippen LogP contribution in [0.1, 0.15) is 41.9 Å². The molecule has 1 aliphatic heterocycles. The topological polar surface area (TPSA) is 97.2 Å². The second-order valence-electron chi connectivity index (χ2n) is 6.32. The molecule has 0 aliphatic carbocycles. The van der Waals surface area contributed by atoms with E-state index in [0.29, 0.717) is 38.0 Å². The first-order valence-electron chi connectivity index (χ1n) is 8.69. The van der Waals surface area contributed by atoms with E-state index in [4.69, 9.17) is 0 Å². The maximum Gasteiger partial charge on any atom is 0.252 e. The third-order valence-corrected chi connectivity index (χ3v) is 6.38. The van der Waals surface area contributed by atoms with Crippen molar-refractivity contribution in [3.63, 3.8) is 0 Å². The minimum Gasteiger partial charge on any atom is -0.352 e. The van der Waals surface area contributed by atoms with E-state index in [0.717, 1.165) is 5.69 Å². The molecule has 0 bridgehead atoms. The van der Waals surface area contributed by atoms with E-state index in [-0.39, 0.29) is 17.7 Å². The zero-order chi connectivity index (χ0) is 18.6. The van der Waals surface area contributed by atoms with Crippen LogP contribution in [0.2, 0.25) is 0 Å². The summed E-state index contributed by atoms with van der Waals surface area (Å²) in [5.41, 5.74) is 1.38. The van der Waals surface area contributed by atoms with Crippen LogP contribution in [0.15, 0.2) is 36.8 Å². The van der Waals surface area contributed by atoms with Gasteiger partial charge in [-0.15, -0.1) is 0 Å². The number of carbonyl (C=O) groups excluding carboxylic acids is 1. The summed E-state index contributed by atoms with van der Waals surface area (Å²) in [6, 6.07) is 5.15. The summed E-state index contributed by atoms with van der Waals surface area (Å²) in [7, 11) is -3.27. The minimum atomic E-state index is -3.27. The van der Waals surface area contributed by atoms with Crippen LogP contribution in [0.3, 0.4) is 0 Å². The normalized spacial score (nSPS) is 17.7. The second kappa shape index (κ2) is 7.96. The number of rotatable bonds is 7. The van der Waals surface area contributed by atoms with Gasteiger partial charge in [-0.05, 0) is 31.0 Å². The molecule has 0 spiro atoms. The average molecular weight is 377 g/mol. The predicted octanol–water partition coefficient (Wildman–Crippen LogP) is 1.19. The van der Waals surface area contributed by atoms with E-state index in [9.17, 15) is 13.2 Å². The van der Waals surface area contributed by atoms with Crippen molar-refractivity contribution >= 4 is 15.9 Å². The molecule has 0 fully saturated rings. The Morgan fingerprint density at radius 1 is 1.35 bits per heavy atom. The molecular formula is C17H23N5O3S. The van der Waals surface area contributed by atoms with Gasteiger partial charge in [0.25, 0.3) is 5.91 Å². The highest BCUT2D eigenvalue weighted by Crippen LogP contribution is 2.25. The van der Waals surface area contributed by atoms with Crippen LogP contribution >= 0.6 is 0 Å². The molecule has 0 radical (unpaired) electrons. The first-order chi connectivity index (χ1) is 12.5. The fourth-order valence-electron chi connectivity index (χ4n) is 3.12. The highest BCUT2D eigenvalue weighted by atomic mass is 32.2. The maximum absolute atomic E-state index is 12.4. The molecule has 26 heavy (non-hydrogen) atoms. The number of pyridine rings is 1. The van der Waals surface area contributed by atoms with Gasteiger partial charge in [0.05, 0.1) is 29.6 Å². The Labute approximate surface area is 153 Å². The third-order valence-electron chi connectivity index (χ3n) is 4.39. The molecule has 1 N–H and O–H groups in total. The van der Waals surface area contributed by atoms with Gasteiger partial charge in [0.15, 0.2) is 0 Å². The molecule has 0 aromatic carbocycles. The Bertz CT molecular complexity index is 850. The summed E-state index contributed by atoms with van der Waals surface area (Å²) in [6.07, 6.45) is 6.00. The highest BCUT2D eigenvalue weighted by Gasteiger charge is 2.32. The van der Waals surface area contributed by atoms with Crippen molar-refractivity contribution in [2.75, 3.05) is 18.8 Å². The smallest absolute Gasteiger partial charge is 0.252 e. The first-order valence-corrected chi connectivity index (χ1v) is 10.3. The van der Waals surface area contributed by atoms with Crippen molar-refractivity contribution in [2.24, 2.45) is 0 Å². The van der Waals surface area contributed by atoms with E-state index in [1.54, 1.807) is 24.5 Å². The molecule has 1 aliphatic rings. The van der Waals surface area contributed by atoms with Gasteiger partial charge < -0.3 is 5.32 Å². The van der Waals surface area contributed by atoms with Crippen molar-refractivity contribution in [3.05, 3.63) is 48.0 Å². The molecule has 0 saturated carbocycles. The number of hydrogen-bond acceptors (Lipinski definition) is 5. The van der Waals surface area contributed by atoms with Crippen LogP contribution < -0.4 is 5.32 Å². The Morgan fingerprint density at radius 3 is 2.92 bits per heavy atom. The van der Waals surface area contributed by atoms with Crippen molar-refractivity contribution in [1.29, 1.82) is 0 Å². The summed E-state index contributed by atoms with van der Waals surface area (Å²) < 4.78 is 28.3. The standard InChI is InChI=1S/C17H23N5O3S/c1-2-10-26(24,25)21-12-15(22-16(13-21)6-9-20-22)5-8-19-17(23)14-4-3-7-18-11-14/h3-4,6-7,9,11,15H,2,5,8,10,12-13H2,1H3,(H,19,23)/t15-/m0/s1. The lowest BCUT2D eigenvalue weighted by Crippen LogP contribution is -2.43. The van der Waals surface area contributed by atoms with Crippen LogP contribution in [0.25, 0.3) is 0 Å². The number of sulfonamides is 1. The zero-order valence-corrected chi connectivity index (χ0v) is 15.5. The van der Waals surface area contributed by atoms with Gasteiger partial charge in [-0.25, -0.2) is 8.42 Å². The van der Waals surface area contributed by atoms with E-state index in [1.165, 1.54) is 10.5 Å². The largest absolute Gasteiger partial charge is 0.352 e. The Kier molecular flexibility index (Phi) is 5.67. The number of hydrogen-bond donors (Lipinski definition) is 1. The van der Waals surface area contributed by atoms with Gasteiger partial charge in [-0.1, -0.05) is 6.92 Å². The molecular weight excluding hydrogens is 354 g/mol. The number of carbonyl (C=O) groups is 1. The second-order valence-corrected chi connectivity index (χ2v) is 8.40. The summed E-state index contributed by atoms with van der Waals surface area (Å²) in [5, 5.41) is 7.19. The van der Waals surface area contributed by atoms with Crippen LogP contribution in [-0.2, 0) is 16.6 Å². The van der Waals surface area contributed by atoms with Crippen molar-refractivity contribution in [1.82, 2.24) is 24.4 Å².